The van der Waals surface area contributed by atoms with Crippen LogP contribution in [0.5, 0.6) is 0 Å². The molecule has 0 aliphatic heterocycles. The van der Waals surface area contributed by atoms with Crippen molar-refractivity contribution < 1.29 is 19.1 Å². The van der Waals surface area contributed by atoms with Crippen LogP contribution < -0.4 is 0 Å². The average molecular weight is 214 g/mol. The quantitative estimate of drug-likeness (QED) is 0.531. The number of carbonyl (C=O) groups is 2. The third-order valence-electron chi connectivity index (χ3n) is 2.06. The van der Waals surface area contributed by atoms with E-state index in [4.69, 9.17) is 9.47 Å². The Hall–Kier alpha value is -1.06. The third-order valence-corrected chi connectivity index (χ3v) is 2.06. The molecule has 0 spiro atoms. The van der Waals surface area contributed by atoms with Crippen molar-refractivity contribution in [1.29, 1.82) is 0 Å². The van der Waals surface area contributed by atoms with Crippen LogP contribution in [0.1, 0.15) is 46.5 Å². The van der Waals surface area contributed by atoms with Crippen molar-refractivity contribution in [2.45, 2.75) is 58.2 Å². The maximum atomic E-state index is 11.2. The fraction of sp³-hybridized carbons (Fsp3) is 0.818. The van der Waals surface area contributed by atoms with Crippen molar-refractivity contribution in [1.82, 2.24) is 0 Å². The van der Waals surface area contributed by atoms with Gasteiger partial charge in [-0.1, -0.05) is 0 Å². The van der Waals surface area contributed by atoms with Crippen LogP contribution in [0.2, 0.25) is 0 Å². The summed E-state index contributed by atoms with van der Waals surface area (Å²) in [6.07, 6.45) is 2.68. The monoisotopic (exact) mass is 214 g/mol. The van der Waals surface area contributed by atoms with Crippen molar-refractivity contribution >= 4 is 11.9 Å². The van der Waals surface area contributed by atoms with Crippen LogP contribution in [0.15, 0.2) is 0 Å². The minimum Gasteiger partial charge on any atom is -0.462 e. The Balaban J connectivity index is 2.21. The second kappa shape index (κ2) is 4.64. The second-order valence-corrected chi connectivity index (χ2v) is 4.81. The number of esters is 2. The van der Waals surface area contributed by atoms with Crippen LogP contribution in [-0.4, -0.2) is 23.6 Å². The fourth-order valence-corrected chi connectivity index (χ4v) is 1.21. The van der Waals surface area contributed by atoms with E-state index in [2.05, 4.69) is 0 Å². The Morgan fingerprint density at radius 2 is 1.80 bits per heavy atom. The van der Waals surface area contributed by atoms with Crippen molar-refractivity contribution in [3.63, 3.8) is 0 Å². The molecule has 0 aromatic carbocycles. The number of ether oxygens (including phenoxy) is 2. The molecule has 1 saturated carbocycles. The summed E-state index contributed by atoms with van der Waals surface area (Å²) < 4.78 is 10.0. The SMILES string of the molecule is CC(C)(C)OC(=O)CC(=O)OC1CCC1. The van der Waals surface area contributed by atoms with E-state index in [9.17, 15) is 9.59 Å². The molecule has 0 radical (unpaired) electrons. The molecule has 0 saturated heterocycles. The summed E-state index contributed by atoms with van der Waals surface area (Å²) in [6.45, 7) is 5.30. The van der Waals surface area contributed by atoms with E-state index in [-0.39, 0.29) is 12.5 Å². The van der Waals surface area contributed by atoms with Crippen LogP contribution >= 0.6 is 0 Å². The molecule has 0 atom stereocenters. The summed E-state index contributed by atoms with van der Waals surface area (Å²) in [6, 6.07) is 0. The Labute approximate surface area is 89.9 Å². The van der Waals surface area contributed by atoms with Gasteiger partial charge in [0.15, 0.2) is 0 Å². The van der Waals surface area contributed by atoms with Gasteiger partial charge in [0, 0.05) is 0 Å². The molecule has 1 aliphatic rings. The molecule has 15 heavy (non-hydrogen) atoms. The average Bonchev–Trinajstić information content (AvgIpc) is 1.92. The van der Waals surface area contributed by atoms with Gasteiger partial charge in [0.25, 0.3) is 0 Å². The molecule has 1 rings (SSSR count). The maximum absolute atomic E-state index is 11.2. The van der Waals surface area contributed by atoms with Gasteiger partial charge in [0.1, 0.15) is 18.1 Å². The molecule has 4 nitrogen and oxygen atoms in total. The molecular weight excluding hydrogens is 196 g/mol. The predicted molar refractivity (Wildman–Crippen MR) is 54.2 cm³/mol. The molecule has 0 heterocycles. The summed E-state index contributed by atoms with van der Waals surface area (Å²) in [4.78, 5) is 22.5. The predicted octanol–water partition coefficient (Wildman–Crippen LogP) is 1.81. The first-order valence-electron chi connectivity index (χ1n) is 5.28. The Bertz CT molecular complexity index is 248. The highest BCUT2D eigenvalue weighted by atomic mass is 16.6. The first-order valence-corrected chi connectivity index (χ1v) is 5.28. The molecule has 0 N–H and O–H groups in total. The largest absolute Gasteiger partial charge is 0.462 e. The van der Waals surface area contributed by atoms with E-state index in [1.807, 2.05) is 0 Å². The van der Waals surface area contributed by atoms with E-state index in [0.717, 1.165) is 19.3 Å². The summed E-state index contributed by atoms with van der Waals surface area (Å²) >= 11 is 0. The Morgan fingerprint density at radius 3 is 2.20 bits per heavy atom. The third kappa shape index (κ3) is 4.81. The fourth-order valence-electron chi connectivity index (χ4n) is 1.21. The van der Waals surface area contributed by atoms with Crippen LogP contribution in [-0.2, 0) is 19.1 Å². The lowest BCUT2D eigenvalue weighted by atomic mass is 9.96. The molecule has 1 fully saturated rings. The Morgan fingerprint density at radius 1 is 1.20 bits per heavy atom. The molecular formula is C11H18O4. The molecule has 86 valence electrons. The first kappa shape index (κ1) is 12.0. The van der Waals surface area contributed by atoms with Crippen LogP contribution in [0, 0.1) is 0 Å². The molecule has 1 aliphatic carbocycles. The van der Waals surface area contributed by atoms with Gasteiger partial charge < -0.3 is 9.47 Å². The smallest absolute Gasteiger partial charge is 0.317 e. The van der Waals surface area contributed by atoms with E-state index >= 15 is 0 Å². The van der Waals surface area contributed by atoms with Gasteiger partial charge in [0.2, 0.25) is 0 Å². The van der Waals surface area contributed by atoms with Gasteiger partial charge in [-0.05, 0) is 40.0 Å². The van der Waals surface area contributed by atoms with Crippen molar-refractivity contribution in [3.05, 3.63) is 0 Å². The summed E-state index contributed by atoms with van der Waals surface area (Å²) in [7, 11) is 0. The van der Waals surface area contributed by atoms with Gasteiger partial charge >= 0.3 is 11.9 Å². The van der Waals surface area contributed by atoms with Gasteiger partial charge in [-0.2, -0.15) is 0 Å². The zero-order chi connectivity index (χ0) is 11.5. The second-order valence-electron chi connectivity index (χ2n) is 4.81. The number of rotatable bonds is 3. The van der Waals surface area contributed by atoms with Gasteiger partial charge in [-0.3, -0.25) is 9.59 Å². The summed E-state index contributed by atoms with van der Waals surface area (Å²) in [5.74, 6) is -0.999. The highest BCUT2D eigenvalue weighted by Gasteiger charge is 2.24. The minimum atomic E-state index is -0.548. The van der Waals surface area contributed by atoms with Crippen molar-refractivity contribution in [2.24, 2.45) is 0 Å². The zero-order valence-corrected chi connectivity index (χ0v) is 9.54. The number of carbonyl (C=O) groups excluding carboxylic acids is 2. The van der Waals surface area contributed by atoms with Crippen LogP contribution in [0.3, 0.4) is 0 Å². The van der Waals surface area contributed by atoms with Gasteiger partial charge in [-0.25, -0.2) is 0 Å². The lowest BCUT2D eigenvalue weighted by Gasteiger charge is -2.25. The summed E-state index contributed by atoms with van der Waals surface area (Å²) in [5, 5.41) is 0. The van der Waals surface area contributed by atoms with Crippen molar-refractivity contribution in [3.8, 4) is 0 Å². The van der Waals surface area contributed by atoms with E-state index < -0.39 is 17.5 Å². The minimum absolute atomic E-state index is 0.0277. The van der Waals surface area contributed by atoms with Crippen molar-refractivity contribution in [2.75, 3.05) is 0 Å². The normalized spacial score (nSPS) is 16.7. The highest BCUT2D eigenvalue weighted by Crippen LogP contribution is 2.22. The molecule has 0 aromatic rings. The topological polar surface area (TPSA) is 52.6 Å². The van der Waals surface area contributed by atoms with Crippen LogP contribution in [0.4, 0.5) is 0 Å². The first-order chi connectivity index (χ1) is 6.87. The summed E-state index contributed by atoms with van der Waals surface area (Å²) in [5.41, 5.74) is -0.548. The Kier molecular flexibility index (Phi) is 3.72. The van der Waals surface area contributed by atoms with E-state index in [0.29, 0.717) is 0 Å². The van der Waals surface area contributed by atoms with Gasteiger partial charge in [0.05, 0.1) is 0 Å². The lowest BCUT2D eigenvalue weighted by Crippen LogP contribution is -2.29. The van der Waals surface area contributed by atoms with Gasteiger partial charge in [-0.15, -0.1) is 0 Å². The molecule has 0 amide bonds. The molecule has 0 aromatic heterocycles. The molecule has 0 unspecified atom stereocenters. The van der Waals surface area contributed by atoms with E-state index in [1.54, 1.807) is 20.8 Å². The van der Waals surface area contributed by atoms with E-state index in [1.165, 1.54) is 0 Å². The molecule has 4 heteroatoms. The highest BCUT2D eigenvalue weighted by molar-refractivity contribution is 5.91. The zero-order valence-electron chi connectivity index (χ0n) is 9.54. The number of hydrogen-bond donors (Lipinski definition) is 0. The standard InChI is InChI=1S/C11H18O4/c1-11(2,3)15-10(13)7-9(12)14-8-5-4-6-8/h8H,4-7H2,1-3H3. The maximum Gasteiger partial charge on any atom is 0.317 e. The lowest BCUT2D eigenvalue weighted by molar-refractivity contribution is -0.165. The molecule has 0 bridgehead atoms. The van der Waals surface area contributed by atoms with Crippen LogP contribution in [0.25, 0.3) is 0 Å². The number of hydrogen-bond acceptors (Lipinski definition) is 4.